The van der Waals surface area contributed by atoms with Gasteiger partial charge in [-0.05, 0) is 30.4 Å². The maximum absolute atomic E-state index is 4.27. The van der Waals surface area contributed by atoms with E-state index in [-0.39, 0.29) is 0 Å². The maximum atomic E-state index is 4.27. The molecule has 1 aromatic carbocycles. The van der Waals surface area contributed by atoms with E-state index in [0.717, 1.165) is 24.5 Å². The van der Waals surface area contributed by atoms with Gasteiger partial charge in [0.2, 0.25) is 0 Å². The Morgan fingerprint density at radius 2 is 1.95 bits per heavy atom. The van der Waals surface area contributed by atoms with Gasteiger partial charge in [-0.15, -0.1) is 0 Å². The summed E-state index contributed by atoms with van der Waals surface area (Å²) in [6.07, 6.45) is 2.64. The van der Waals surface area contributed by atoms with Crippen LogP contribution < -0.4 is 5.32 Å². The largest absolute Gasteiger partial charge is 0.370 e. The Hall–Kier alpha value is -1.90. The van der Waals surface area contributed by atoms with Crippen molar-refractivity contribution in [2.75, 3.05) is 11.9 Å². The summed E-state index contributed by atoms with van der Waals surface area (Å²) in [6.45, 7) is 7.31. The number of benzene rings is 1. The summed E-state index contributed by atoms with van der Waals surface area (Å²) in [5.41, 5.74) is 3.80. The molecule has 0 fully saturated rings. The van der Waals surface area contributed by atoms with Crippen LogP contribution in [0.1, 0.15) is 36.6 Å². The zero-order valence-electron chi connectivity index (χ0n) is 11.9. The van der Waals surface area contributed by atoms with Crippen molar-refractivity contribution in [2.45, 2.75) is 33.1 Å². The molecule has 1 aromatic heterocycles. The third-order valence-electron chi connectivity index (χ3n) is 3.24. The van der Waals surface area contributed by atoms with Crippen molar-refractivity contribution in [1.29, 1.82) is 0 Å². The lowest BCUT2D eigenvalue weighted by molar-refractivity contribution is 0.813. The molecule has 0 aliphatic rings. The van der Waals surface area contributed by atoms with E-state index in [0.29, 0.717) is 5.92 Å². The van der Waals surface area contributed by atoms with Crippen molar-refractivity contribution in [3.8, 4) is 0 Å². The number of nitrogens with one attached hydrogen (secondary N) is 1. The smallest absolute Gasteiger partial charge is 0.129 e. The lowest BCUT2D eigenvalue weighted by Crippen LogP contribution is -2.08. The molecule has 0 saturated heterocycles. The van der Waals surface area contributed by atoms with Crippen molar-refractivity contribution < 1.29 is 0 Å². The molecule has 1 heterocycles. The van der Waals surface area contributed by atoms with E-state index in [1.54, 1.807) is 6.33 Å². The third kappa shape index (κ3) is 3.78. The monoisotopic (exact) mass is 255 g/mol. The molecule has 1 N–H and O–H groups in total. The average molecular weight is 255 g/mol. The van der Waals surface area contributed by atoms with Gasteiger partial charge in [0.05, 0.1) is 0 Å². The van der Waals surface area contributed by atoms with E-state index < -0.39 is 0 Å². The molecule has 19 heavy (non-hydrogen) atoms. The lowest BCUT2D eigenvalue weighted by atomic mass is 10.1. The fourth-order valence-electron chi connectivity index (χ4n) is 2.00. The number of hydrogen-bond donors (Lipinski definition) is 1. The zero-order chi connectivity index (χ0) is 13.7. The number of aromatic nitrogens is 2. The van der Waals surface area contributed by atoms with Crippen LogP contribution in [0, 0.1) is 6.92 Å². The molecule has 0 bridgehead atoms. The Bertz CT molecular complexity index is 535. The van der Waals surface area contributed by atoms with Crippen molar-refractivity contribution in [2.24, 2.45) is 0 Å². The second-order valence-electron chi connectivity index (χ2n) is 5.09. The standard InChI is InChI=1S/C16H21N3/c1-12(2)15-10-16(19-11-18-15)17-9-8-14-7-5-4-6-13(14)3/h4-7,10-12H,8-9H2,1-3H3,(H,17,18,19). The van der Waals surface area contributed by atoms with Gasteiger partial charge in [0.25, 0.3) is 0 Å². The van der Waals surface area contributed by atoms with E-state index >= 15 is 0 Å². The summed E-state index contributed by atoms with van der Waals surface area (Å²) >= 11 is 0. The summed E-state index contributed by atoms with van der Waals surface area (Å²) in [5, 5.41) is 3.36. The van der Waals surface area contributed by atoms with Crippen molar-refractivity contribution in [3.05, 3.63) is 53.5 Å². The summed E-state index contributed by atoms with van der Waals surface area (Å²) in [4.78, 5) is 8.52. The van der Waals surface area contributed by atoms with Crippen LogP contribution >= 0.6 is 0 Å². The predicted octanol–water partition coefficient (Wildman–Crippen LogP) is 3.56. The fourth-order valence-corrected chi connectivity index (χ4v) is 2.00. The minimum Gasteiger partial charge on any atom is -0.370 e. The molecule has 0 unspecified atom stereocenters. The molecule has 3 nitrogen and oxygen atoms in total. The second kappa shape index (κ2) is 6.32. The van der Waals surface area contributed by atoms with E-state index in [1.165, 1.54) is 11.1 Å². The van der Waals surface area contributed by atoms with Gasteiger partial charge < -0.3 is 5.32 Å². The van der Waals surface area contributed by atoms with E-state index in [2.05, 4.69) is 60.3 Å². The van der Waals surface area contributed by atoms with Crippen LogP contribution in [0.2, 0.25) is 0 Å². The van der Waals surface area contributed by atoms with Gasteiger partial charge in [-0.3, -0.25) is 0 Å². The topological polar surface area (TPSA) is 37.8 Å². The highest BCUT2D eigenvalue weighted by atomic mass is 15.0. The van der Waals surface area contributed by atoms with Gasteiger partial charge in [0, 0.05) is 18.3 Å². The number of aryl methyl sites for hydroxylation is 1. The highest BCUT2D eigenvalue weighted by Crippen LogP contribution is 2.14. The van der Waals surface area contributed by atoms with Crippen LogP contribution in [0.4, 0.5) is 5.82 Å². The van der Waals surface area contributed by atoms with Crippen LogP contribution in [0.15, 0.2) is 36.7 Å². The molecular formula is C16H21N3. The van der Waals surface area contributed by atoms with Crippen molar-refractivity contribution in [3.63, 3.8) is 0 Å². The molecule has 2 aromatic rings. The van der Waals surface area contributed by atoms with Gasteiger partial charge >= 0.3 is 0 Å². The van der Waals surface area contributed by atoms with E-state index in [4.69, 9.17) is 0 Å². The van der Waals surface area contributed by atoms with Crippen molar-refractivity contribution >= 4 is 5.82 Å². The molecule has 0 spiro atoms. The fraction of sp³-hybridized carbons (Fsp3) is 0.375. The molecule has 0 saturated carbocycles. The van der Waals surface area contributed by atoms with Crippen LogP contribution in [0.25, 0.3) is 0 Å². The third-order valence-corrected chi connectivity index (χ3v) is 3.24. The number of rotatable bonds is 5. The first kappa shape index (κ1) is 13.5. The predicted molar refractivity (Wildman–Crippen MR) is 79.5 cm³/mol. The summed E-state index contributed by atoms with van der Waals surface area (Å²) in [6, 6.07) is 10.5. The minimum atomic E-state index is 0.430. The Morgan fingerprint density at radius 1 is 1.16 bits per heavy atom. The Labute approximate surface area is 115 Å². The quantitative estimate of drug-likeness (QED) is 0.887. The van der Waals surface area contributed by atoms with Crippen LogP contribution in [0.3, 0.4) is 0 Å². The molecule has 3 heteroatoms. The first-order valence-electron chi connectivity index (χ1n) is 6.77. The highest BCUT2D eigenvalue weighted by Gasteiger charge is 2.03. The molecular weight excluding hydrogens is 234 g/mol. The minimum absolute atomic E-state index is 0.430. The maximum Gasteiger partial charge on any atom is 0.129 e. The summed E-state index contributed by atoms with van der Waals surface area (Å²) in [7, 11) is 0. The van der Waals surface area contributed by atoms with Crippen LogP contribution in [-0.4, -0.2) is 16.5 Å². The molecule has 0 amide bonds. The average Bonchev–Trinajstić information content (AvgIpc) is 2.41. The SMILES string of the molecule is Cc1ccccc1CCNc1cc(C(C)C)ncn1. The number of nitrogens with zero attached hydrogens (tertiary/aromatic N) is 2. The Balaban J connectivity index is 1.93. The van der Waals surface area contributed by atoms with E-state index in [9.17, 15) is 0 Å². The summed E-state index contributed by atoms with van der Waals surface area (Å²) in [5.74, 6) is 1.34. The molecule has 0 radical (unpaired) electrons. The first-order chi connectivity index (χ1) is 9.16. The Kier molecular flexibility index (Phi) is 4.50. The van der Waals surface area contributed by atoms with Crippen molar-refractivity contribution in [1.82, 2.24) is 9.97 Å². The van der Waals surface area contributed by atoms with Crippen LogP contribution in [0.5, 0.6) is 0 Å². The first-order valence-corrected chi connectivity index (χ1v) is 6.77. The number of anilines is 1. The molecule has 0 aliphatic heterocycles. The van der Waals surface area contributed by atoms with E-state index in [1.807, 2.05) is 6.07 Å². The normalized spacial score (nSPS) is 10.7. The Morgan fingerprint density at radius 3 is 2.68 bits per heavy atom. The zero-order valence-corrected chi connectivity index (χ0v) is 11.9. The van der Waals surface area contributed by atoms with Gasteiger partial charge in [-0.2, -0.15) is 0 Å². The second-order valence-corrected chi connectivity index (χ2v) is 5.09. The van der Waals surface area contributed by atoms with Gasteiger partial charge in [-0.25, -0.2) is 9.97 Å². The molecule has 0 atom stereocenters. The summed E-state index contributed by atoms with van der Waals surface area (Å²) < 4.78 is 0. The lowest BCUT2D eigenvalue weighted by Gasteiger charge is -2.09. The molecule has 2 rings (SSSR count). The van der Waals surface area contributed by atoms with Gasteiger partial charge in [0.1, 0.15) is 12.1 Å². The highest BCUT2D eigenvalue weighted by molar-refractivity contribution is 5.36. The van der Waals surface area contributed by atoms with Gasteiger partial charge in [-0.1, -0.05) is 38.1 Å². The van der Waals surface area contributed by atoms with Crippen LogP contribution in [-0.2, 0) is 6.42 Å². The molecule has 100 valence electrons. The van der Waals surface area contributed by atoms with Gasteiger partial charge in [0.15, 0.2) is 0 Å². The molecule has 0 aliphatic carbocycles. The number of hydrogen-bond acceptors (Lipinski definition) is 3.